The van der Waals surface area contributed by atoms with Gasteiger partial charge < -0.3 is 14.9 Å². The highest BCUT2D eigenvalue weighted by Crippen LogP contribution is 2.27. The maximum Gasteiger partial charge on any atom is 0.257 e. The highest BCUT2D eigenvalue weighted by Gasteiger charge is 2.25. The van der Waals surface area contributed by atoms with Crippen LogP contribution < -0.4 is 4.90 Å². The van der Waals surface area contributed by atoms with Crippen LogP contribution in [-0.4, -0.2) is 47.1 Å². The van der Waals surface area contributed by atoms with Crippen LogP contribution in [0.15, 0.2) is 30.5 Å². The predicted molar refractivity (Wildman–Crippen MR) is 99.9 cm³/mol. The van der Waals surface area contributed by atoms with Crippen LogP contribution in [0.2, 0.25) is 10.0 Å². The second kappa shape index (κ2) is 7.50. The van der Waals surface area contributed by atoms with Gasteiger partial charge in [-0.15, -0.1) is 0 Å². The fourth-order valence-corrected chi connectivity index (χ4v) is 3.41. The number of aromatic nitrogens is 1. The number of hydrogen-bond acceptors (Lipinski definition) is 4. The summed E-state index contributed by atoms with van der Waals surface area (Å²) in [5, 5.41) is 11.0. The molecule has 1 amide bonds. The lowest BCUT2D eigenvalue weighted by molar-refractivity contribution is 0.0743. The molecule has 2 heterocycles. The second-order valence-electron chi connectivity index (χ2n) is 5.94. The van der Waals surface area contributed by atoms with Crippen molar-refractivity contribution in [1.29, 1.82) is 0 Å². The van der Waals surface area contributed by atoms with Crippen molar-refractivity contribution in [2.75, 3.05) is 31.1 Å². The van der Waals surface area contributed by atoms with Crippen LogP contribution in [0.25, 0.3) is 0 Å². The summed E-state index contributed by atoms with van der Waals surface area (Å²) >= 11 is 12.1. The molecule has 0 aliphatic carbocycles. The van der Waals surface area contributed by atoms with Gasteiger partial charge in [0, 0.05) is 32.4 Å². The third-order valence-corrected chi connectivity index (χ3v) is 4.84. The predicted octanol–water partition coefficient (Wildman–Crippen LogP) is 3.62. The second-order valence-corrected chi connectivity index (χ2v) is 6.79. The Labute approximate surface area is 156 Å². The van der Waals surface area contributed by atoms with Crippen molar-refractivity contribution in [2.24, 2.45) is 0 Å². The van der Waals surface area contributed by atoms with Gasteiger partial charge in [0.2, 0.25) is 0 Å². The fraction of sp³-hybridized carbons (Fsp3) is 0.333. The number of phenolic OH excluding ortho intramolecular Hbond substituents is 1. The zero-order chi connectivity index (χ0) is 18.0. The zero-order valence-electron chi connectivity index (χ0n) is 13.9. The number of halogens is 2. The number of anilines is 1. The molecule has 5 nitrogen and oxygen atoms in total. The number of amides is 1. The van der Waals surface area contributed by atoms with E-state index in [1.807, 2.05) is 17.9 Å². The summed E-state index contributed by atoms with van der Waals surface area (Å²) in [6.45, 7) is 4.33. The van der Waals surface area contributed by atoms with E-state index in [-0.39, 0.29) is 11.7 Å². The first kappa shape index (κ1) is 17.8. The van der Waals surface area contributed by atoms with Gasteiger partial charge in [0.15, 0.2) is 0 Å². The molecule has 0 spiro atoms. The summed E-state index contributed by atoms with van der Waals surface area (Å²) in [7, 11) is 0. The first-order chi connectivity index (χ1) is 12.0. The summed E-state index contributed by atoms with van der Waals surface area (Å²) in [6.07, 6.45) is 2.38. The number of rotatable bonds is 3. The van der Waals surface area contributed by atoms with Crippen molar-refractivity contribution in [3.63, 3.8) is 0 Å². The van der Waals surface area contributed by atoms with Gasteiger partial charge in [-0.2, -0.15) is 0 Å². The molecule has 1 fully saturated rings. The molecule has 0 bridgehead atoms. The third-order valence-electron chi connectivity index (χ3n) is 4.35. The summed E-state index contributed by atoms with van der Waals surface area (Å²) in [4.78, 5) is 20.8. The molecule has 1 N–H and O–H groups in total. The Kier molecular flexibility index (Phi) is 5.35. The maximum absolute atomic E-state index is 12.7. The van der Waals surface area contributed by atoms with E-state index in [2.05, 4.69) is 4.98 Å². The van der Waals surface area contributed by atoms with Crippen molar-refractivity contribution in [3.8, 4) is 5.75 Å². The molecule has 1 aromatic carbocycles. The molecule has 1 aliphatic rings. The van der Waals surface area contributed by atoms with Gasteiger partial charge in [-0.25, -0.2) is 4.98 Å². The normalized spacial score (nSPS) is 14.7. The summed E-state index contributed by atoms with van der Waals surface area (Å²) in [5.74, 6) is 0.545. The first-order valence-electron chi connectivity index (χ1n) is 8.16. The van der Waals surface area contributed by atoms with Gasteiger partial charge in [-0.3, -0.25) is 4.79 Å². The van der Waals surface area contributed by atoms with Crippen LogP contribution in [0.3, 0.4) is 0 Å². The number of phenols is 1. The van der Waals surface area contributed by atoms with Crippen molar-refractivity contribution in [1.82, 2.24) is 9.88 Å². The average molecular weight is 380 g/mol. The molecule has 7 heteroatoms. The van der Waals surface area contributed by atoms with Gasteiger partial charge in [0.25, 0.3) is 5.91 Å². The van der Waals surface area contributed by atoms with Crippen molar-refractivity contribution >= 4 is 34.9 Å². The highest BCUT2D eigenvalue weighted by molar-refractivity contribution is 6.36. The van der Waals surface area contributed by atoms with Gasteiger partial charge >= 0.3 is 0 Å². The average Bonchev–Trinajstić information content (AvgIpc) is 2.62. The van der Waals surface area contributed by atoms with Gasteiger partial charge in [0.05, 0.1) is 15.6 Å². The third kappa shape index (κ3) is 3.83. The minimum absolute atomic E-state index is 0.0204. The number of nitrogens with zero attached hydrogens (tertiary/aromatic N) is 3. The molecule has 1 aromatic heterocycles. The molecule has 0 atom stereocenters. The van der Waals surface area contributed by atoms with Crippen molar-refractivity contribution < 1.29 is 9.90 Å². The minimum atomic E-state index is -0.150. The van der Waals surface area contributed by atoms with Crippen molar-refractivity contribution in [3.05, 3.63) is 51.6 Å². The Morgan fingerprint density at radius 3 is 2.56 bits per heavy atom. The SMILES string of the molecule is CCc1ccc(O)c(C(=O)N2CCN(c3ncc(Cl)cc3Cl)CC2)c1. The molecule has 1 aliphatic heterocycles. The van der Waals surface area contributed by atoms with Crippen LogP contribution >= 0.6 is 23.2 Å². The Hall–Kier alpha value is -1.98. The first-order valence-corrected chi connectivity index (χ1v) is 8.92. The standard InChI is InChI=1S/C18H19Cl2N3O2/c1-2-12-3-4-16(24)14(9-12)18(25)23-7-5-22(6-8-23)17-15(20)10-13(19)11-21-17/h3-4,9-11,24H,2,5-8H2,1H3. The number of carbonyl (C=O) groups is 1. The van der Waals surface area contributed by atoms with E-state index in [9.17, 15) is 9.90 Å². The van der Waals surface area contributed by atoms with E-state index in [0.29, 0.717) is 47.6 Å². The molecular weight excluding hydrogens is 361 g/mol. The zero-order valence-corrected chi connectivity index (χ0v) is 15.4. The smallest absolute Gasteiger partial charge is 0.257 e. The monoisotopic (exact) mass is 379 g/mol. The topological polar surface area (TPSA) is 56.7 Å². The number of aryl methyl sites for hydroxylation is 1. The van der Waals surface area contributed by atoms with E-state index in [1.54, 1.807) is 29.3 Å². The van der Waals surface area contributed by atoms with E-state index < -0.39 is 0 Å². The largest absolute Gasteiger partial charge is 0.507 e. The number of piperazine rings is 1. The van der Waals surface area contributed by atoms with Crippen LogP contribution in [0.1, 0.15) is 22.8 Å². The lowest BCUT2D eigenvalue weighted by Gasteiger charge is -2.35. The molecular formula is C18H19Cl2N3O2. The number of pyridine rings is 1. The van der Waals surface area contributed by atoms with E-state index >= 15 is 0 Å². The van der Waals surface area contributed by atoms with Crippen LogP contribution in [0.5, 0.6) is 5.75 Å². The molecule has 2 aromatic rings. The van der Waals surface area contributed by atoms with E-state index in [0.717, 1.165) is 12.0 Å². The minimum Gasteiger partial charge on any atom is -0.507 e. The van der Waals surface area contributed by atoms with Gasteiger partial charge in [0.1, 0.15) is 11.6 Å². The van der Waals surface area contributed by atoms with Crippen LogP contribution in [-0.2, 0) is 6.42 Å². The molecule has 25 heavy (non-hydrogen) atoms. The number of hydrogen-bond donors (Lipinski definition) is 1. The van der Waals surface area contributed by atoms with E-state index in [4.69, 9.17) is 23.2 Å². The Balaban J connectivity index is 1.71. The van der Waals surface area contributed by atoms with Gasteiger partial charge in [-0.05, 0) is 30.2 Å². The molecule has 0 radical (unpaired) electrons. The Morgan fingerprint density at radius 1 is 1.20 bits per heavy atom. The highest BCUT2D eigenvalue weighted by atomic mass is 35.5. The van der Waals surface area contributed by atoms with Crippen molar-refractivity contribution in [2.45, 2.75) is 13.3 Å². The quantitative estimate of drug-likeness (QED) is 0.884. The molecule has 3 rings (SSSR count). The molecule has 0 saturated carbocycles. The Bertz CT molecular complexity index is 790. The molecule has 132 valence electrons. The molecule has 1 saturated heterocycles. The maximum atomic E-state index is 12.7. The summed E-state index contributed by atoms with van der Waals surface area (Å²) in [5.41, 5.74) is 1.38. The van der Waals surface area contributed by atoms with E-state index in [1.165, 1.54) is 0 Å². The number of benzene rings is 1. The number of aromatic hydroxyl groups is 1. The number of carbonyl (C=O) groups excluding carboxylic acids is 1. The Morgan fingerprint density at radius 2 is 1.92 bits per heavy atom. The van der Waals surface area contributed by atoms with Crippen LogP contribution in [0, 0.1) is 0 Å². The molecule has 0 unspecified atom stereocenters. The summed E-state index contributed by atoms with van der Waals surface area (Å²) < 4.78 is 0. The van der Waals surface area contributed by atoms with Crippen LogP contribution in [0.4, 0.5) is 5.82 Å². The van der Waals surface area contributed by atoms with Gasteiger partial charge in [-0.1, -0.05) is 36.2 Å². The fourth-order valence-electron chi connectivity index (χ4n) is 2.91. The lowest BCUT2D eigenvalue weighted by Crippen LogP contribution is -2.49. The summed E-state index contributed by atoms with van der Waals surface area (Å²) in [6, 6.07) is 6.84. The lowest BCUT2D eigenvalue weighted by atomic mass is 10.1.